The monoisotopic (exact) mass is 415 g/mol. The summed E-state index contributed by atoms with van der Waals surface area (Å²) in [5, 5.41) is 2.91. The van der Waals surface area contributed by atoms with Crippen molar-refractivity contribution in [1.29, 1.82) is 0 Å². The summed E-state index contributed by atoms with van der Waals surface area (Å²) in [6, 6.07) is 26.9. The predicted octanol–water partition coefficient (Wildman–Crippen LogP) is 4.22. The topological polar surface area (TPSA) is 64.6 Å². The summed E-state index contributed by atoms with van der Waals surface area (Å²) in [5.41, 5.74) is 2.77. The molecule has 158 valence electrons. The van der Waals surface area contributed by atoms with Gasteiger partial charge in [-0.2, -0.15) is 0 Å². The molecule has 0 aliphatic heterocycles. The molecular weight excluding hydrogens is 390 g/mol. The molecule has 3 aromatic rings. The van der Waals surface area contributed by atoms with Gasteiger partial charge in [0.15, 0.2) is 6.61 Å². The number of nitrogens with one attached hydrogen (secondary N) is 1. The highest BCUT2D eigenvalue weighted by molar-refractivity contribution is 5.85. The van der Waals surface area contributed by atoms with E-state index in [0.717, 1.165) is 24.0 Å². The Morgan fingerprint density at radius 1 is 0.871 bits per heavy atom. The SMILES string of the molecule is O=C(COc1ccccc1Cc1ccccc1)OC(C(=O)NC1CC1)c1ccccc1. The van der Waals surface area contributed by atoms with Gasteiger partial charge in [-0.3, -0.25) is 4.79 Å². The van der Waals surface area contributed by atoms with Crippen molar-refractivity contribution in [3.05, 3.63) is 102 Å². The van der Waals surface area contributed by atoms with Crippen molar-refractivity contribution < 1.29 is 19.1 Å². The number of hydrogen-bond acceptors (Lipinski definition) is 4. The van der Waals surface area contributed by atoms with Crippen LogP contribution in [-0.4, -0.2) is 24.5 Å². The standard InChI is InChI=1S/C26H25NO4/c28-24(31-25(20-11-5-2-6-12-20)26(29)27-22-15-16-22)18-30-23-14-8-7-13-21(23)17-19-9-3-1-4-10-19/h1-14,22,25H,15-18H2,(H,27,29). The highest BCUT2D eigenvalue weighted by atomic mass is 16.6. The van der Waals surface area contributed by atoms with Crippen LogP contribution in [0.4, 0.5) is 0 Å². The number of hydrogen-bond donors (Lipinski definition) is 1. The molecule has 4 rings (SSSR count). The Kier molecular flexibility index (Phi) is 6.62. The average molecular weight is 415 g/mol. The van der Waals surface area contributed by atoms with Crippen molar-refractivity contribution in [1.82, 2.24) is 5.32 Å². The Morgan fingerprint density at radius 3 is 2.23 bits per heavy atom. The number of ether oxygens (including phenoxy) is 2. The minimum atomic E-state index is -0.988. The van der Waals surface area contributed by atoms with E-state index in [1.54, 1.807) is 12.1 Å². The molecule has 0 spiro atoms. The Morgan fingerprint density at radius 2 is 1.52 bits per heavy atom. The minimum absolute atomic E-state index is 0.179. The van der Waals surface area contributed by atoms with E-state index in [-0.39, 0.29) is 18.6 Å². The summed E-state index contributed by atoms with van der Waals surface area (Å²) in [7, 11) is 0. The Bertz CT molecular complexity index is 1020. The molecule has 1 atom stereocenters. The van der Waals surface area contributed by atoms with Crippen molar-refractivity contribution in [2.45, 2.75) is 31.4 Å². The van der Waals surface area contributed by atoms with Gasteiger partial charge in [-0.15, -0.1) is 0 Å². The van der Waals surface area contributed by atoms with Gasteiger partial charge in [0, 0.05) is 18.0 Å². The van der Waals surface area contributed by atoms with Gasteiger partial charge in [-0.25, -0.2) is 4.79 Å². The molecule has 0 saturated heterocycles. The molecule has 0 bridgehead atoms. The third-order valence-corrected chi connectivity index (χ3v) is 5.07. The fourth-order valence-electron chi connectivity index (χ4n) is 3.31. The first-order valence-corrected chi connectivity index (χ1v) is 10.5. The molecule has 0 heterocycles. The summed E-state index contributed by atoms with van der Waals surface area (Å²) in [6.07, 6.45) is 1.63. The predicted molar refractivity (Wildman–Crippen MR) is 118 cm³/mol. The second-order valence-electron chi connectivity index (χ2n) is 7.62. The van der Waals surface area contributed by atoms with Crippen LogP contribution < -0.4 is 10.1 Å². The van der Waals surface area contributed by atoms with E-state index in [0.29, 0.717) is 17.7 Å². The second kappa shape index (κ2) is 9.94. The number of para-hydroxylation sites is 1. The molecule has 1 saturated carbocycles. The van der Waals surface area contributed by atoms with E-state index >= 15 is 0 Å². The first kappa shape index (κ1) is 20.7. The van der Waals surface area contributed by atoms with Gasteiger partial charge in [0.05, 0.1) is 0 Å². The quantitative estimate of drug-likeness (QED) is 0.532. The second-order valence-corrected chi connectivity index (χ2v) is 7.62. The zero-order chi connectivity index (χ0) is 21.5. The highest BCUT2D eigenvalue weighted by Crippen LogP contribution is 2.24. The zero-order valence-corrected chi connectivity index (χ0v) is 17.2. The molecule has 1 amide bonds. The van der Waals surface area contributed by atoms with Gasteiger partial charge in [0.1, 0.15) is 5.75 Å². The molecule has 5 nitrogen and oxygen atoms in total. The number of carbonyl (C=O) groups excluding carboxylic acids is 2. The third kappa shape index (κ3) is 5.95. The summed E-state index contributed by atoms with van der Waals surface area (Å²) in [5.74, 6) is -0.261. The number of esters is 1. The molecular formula is C26H25NO4. The largest absolute Gasteiger partial charge is 0.482 e. The summed E-state index contributed by atoms with van der Waals surface area (Å²) >= 11 is 0. The lowest BCUT2D eigenvalue weighted by Gasteiger charge is -2.18. The van der Waals surface area contributed by atoms with E-state index in [2.05, 4.69) is 5.32 Å². The van der Waals surface area contributed by atoms with Crippen LogP contribution in [0.25, 0.3) is 0 Å². The van der Waals surface area contributed by atoms with E-state index in [9.17, 15) is 9.59 Å². The molecule has 1 aliphatic rings. The van der Waals surface area contributed by atoms with Gasteiger partial charge in [0.25, 0.3) is 5.91 Å². The lowest BCUT2D eigenvalue weighted by molar-refractivity contribution is -0.158. The first-order chi connectivity index (χ1) is 15.2. The van der Waals surface area contributed by atoms with Crippen molar-refractivity contribution in [2.24, 2.45) is 0 Å². The van der Waals surface area contributed by atoms with Crippen molar-refractivity contribution in [3.8, 4) is 5.75 Å². The average Bonchev–Trinajstić information content (AvgIpc) is 3.62. The van der Waals surface area contributed by atoms with Gasteiger partial charge in [-0.1, -0.05) is 78.9 Å². The van der Waals surface area contributed by atoms with Crippen LogP contribution in [0.15, 0.2) is 84.9 Å². The normalized spacial score (nSPS) is 13.8. The first-order valence-electron chi connectivity index (χ1n) is 10.5. The van der Waals surface area contributed by atoms with Gasteiger partial charge in [0.2, 0.25) is 6.10 Å². The molecule has 0 radical (unpaired) electrons. The molecule has 0 aromatic heterocycles. The molecule has 3 aromatic carbocycles. The zero-order valence-electron chi connectivity index (χ0n) is 17.2. The van der Waals surface area contributed by atoms with Crippen molar-refractivity contribution >= 4 is 11.9 Å². The number of amides is 1. The molecule has 1 unspecified atom stereocenters. The lowest BCUT2D eigenvalue weighted by atomic mass is 10.0. The van der Waals surface area contributed by atoms with Crippen LogP contribution in [-0.2, 0) is 20.7 Å². The number of carbonyl (C=O) groups is 2. The van der Waals surface area contributed by atoms with Crippen LogP contribution >= 0.6 is 0 Å². The van der Waals surface area contributed by atoms with E-state index in [1.807, 2.05) is 72.8 Å². The fraction of sp³-hybridized carbons (Fsp3) is 0.231. The minimum Gasteiger partial charge on any atom is -0.482 e. The third-order valence-electron chi connectivity index (χ3n) is 5.07. The maximum Gasteiger partial charge on any atom is 0.345 e. The van der Waals surface area contributed by atoms with Gasteiger partial charge in [-0.05, 0) is 30.0 Å². The maximum atomic E-state index is 12.6. The molecule has 31 heavy (non-hydrogen) atoms. The molecule has 1 fully saturated rings. The molecule has 5 heteroatoms. The van der Waals surface area contributed by atoms with Gasteiger partial charge < -0.3 is 14.8 Å². The van der Waals surface area contributed by atoms with Crippen LogP contribution in [0.3, 0.4) is 0 Å². The van der Waals surface area contributed by atoms with Crippen LogP contribution in [0.5, 0.6) is 5.75 Å². The number of rotatable bonds is 9. The number of benzene rings is 3. The van der Waals surface area contributed by atoms with Crippen molar-refractivity contribution in [2.75, 3.05) is 6.61 Å². The summed E-state index contributed by atoms with van der Waals surface area (Å²) in [6.45, 7) is -0.272. The summed E-state index contributed by atoms with van der Waals surface area (Å²) < 4.78 is 11.3. The molecule has 1 N–H and O–H groups in total. The highest BCUT2D eigenvalue weighted by Gasteiger charge is 2.30. The fourth-order valence-corrected chi connectivity index (χ4v) is 3.31. The Labute approximate surface area is 182 Å². The van der Waals surface area contributed by atoms with Crippen LogP contribution in [0, 0.1) is 0 Å². The molecule has 1 aliphatic carbocycles. The smallest absolute Gasteiger partial charge is 0.345 e. The van der Waals surface area contributed by atoms with E-state index < -0.39 is 12.1 Å². The Balaban J connectivity index is 1.40. The van der Waals surface area contributed by atoms with Crippen LogP contribution in [0.2, 0.25) is 0 Å². The van der Waals surface area contributed by atoms with Gasteiger partial charge >= 0.3 is 5.97 Å². The van der Waals surface area contributed by atoms with Crippen LogP contribution in [0.1, 0.15) is 35.6 Å². The maximum absolute atomic E-state index is 12.6. The van der Waals surface area contributed by atoms with Crippen molar-refractivity contribution in [3.63, 3.8) is 0 Å². The van der Waals surface area contributed by atoms with E-state index in [1.165, 1.54) is 0 Å². The Hall–Kier alpha value is -3.60. The van der Waals surface area contributed by atoms with E-state index in [4.69, 9.17) is 9.47 Å². The lowest BCUT2D eigenvalue weighted by Crippen LogP contribution is -2.34. The summed E-state index contributed by atoms with van der Waals surface area (Å²) in [4.78, 5) is 25.2.